The highest BCUT2D eigenvalue weighted by Crippen LogP contribution is 2.20. The molecule has 0 aliphatic carbocycles. The molecule has 0 heterocycles. The van der Waals surface area contributed by atoms with Crippen LogP contribution in [0, 0.1) is 5.92 Å². The topological polar surface area (TPSA) is 208 Å². The van der Waals surface area contributed by atoms with Crippen LogP contribution in [0.15, 0.2) is 0 Å². The molecule has 13 heteroatoms. The lowest BCUT2D eigenvalue weighted by Crippen LogP contribution is -2.39. The first-order valence-corrected chi connectivity index (χ1v) is 12.6. The van der Waals surface area contributed by atoms with Crippen molar-refractivity contribution in [2.24, 2.45) is 11.7 Å². The molecular weight excluding hydrogens is 443 g/mol. The van der Waals surface area contributed by atoms with Crippen LogP contribution in [0.5, 0.6) is 0 Å². The zero-order chi connectivity index (χ0) is 27.4. The summed E-state index contributed by atoms with van der Waals surface area (Å²) in [6.45, 7) is 8.89. The largest absolute Gasteiger partial charge is 0.631 e. The van der Waals surface area contributed by atoms with Gasteiger partial charge in [-0.05, 0) is 26.2 Å². The molecule has 0 bridgehead atoms. The van der Waals surface area contributed by atoms with Crippen molar-refractivity contribution in [2.45, 2.75) is 130 Å². The molecular formula is C21H54B3NO9. The van der Waals surface area contributed by atoms with E-state index in [1.807, 2.05) is 0 Å². The minimum atomic E-state index is -2.17. The second kappa shape index (κ2) is 30.8. The van der Waals surface area contributed by atoms with Gasteiger partial charge in [-0.15, -0.1) is 0 Å². The molecule has 0 spiro atoms. The minimum Gasteiger partial charge on any atom is -0.402 e. The summed E-state index contributed by atoms with van der Waals surface area (Å²) in [6.07, 6.45) is 21.4. The van der Waals surface area contributed by atoms with Crippen LogP contribution in [-0.4, -0.2) is 72.7 Å². The predicted octanol–water partition coefficient (Wildman–Crippen LogP) is 1.08. The van der Waals surface area contributed by atoms with Crippen molar-refractivity contribution in [3.63, 3.8) is 0 Å². The maximum atomic E-state index is 7.17. The Bertz CT molecular complexity index is 342. The van der Waals surface area contributed by atoms with Gasteiger partial charge in [-0.3, -0.25) is 0 Å². The SMILES string of the molecule is CCCCCCCCCCCCCCCCC(C)C(C)(C)N.OB(O)O.OB(O)O.OB(O)O. The van der Waals surface area contributed by atoms with E-state index in [1.165, 1.54) is 96.3 Å². The van der Waals surface area contributed by atoms with E-state index < -0.39 is 22.0 Å². The summed E-state index contributed by atoms with van der Waals surface area (Å²) in [5.74, 6) is 0.643. The fourth-order valence-corrected chi connectivity index (χ4v) is 3.02. The van der Waals surface area contributed by atoms with Gasteiger partial charge in [0.1, 0.15) is 0 Å². The van der Waals surface area contributed by atoms with Crippen LogP contribution in [0.4, 0.5) is 0 Å². The fourth-order valence-electron chi connectivity index (χ4n) is 3.02. The molecule has 0 aromatic heterocycles. The highest BCUT2D eigenvalue weighted by Gasteiger charge is 2.19. The standard InChI is InChI=1S/C21H45N.3BH3O3/c1-5-6-7-8-9-10-11-12-13-14-15-16-17-18-19-20(2)21(3,4)22;3*2-1(3)4/h20H,5-19,22H2,1-4H3;3*2-4H. The van der Waals surface area contributed by atoms with Gasteiger partial charge < -0.3 is 50.9 Å². The van der Waals surface area contributed by atoms with E-state index in [0.717, 1.165) is 0 Å². The third-order valence-corrected chi connectivity index (χ3v) is 5.26. The molecule has 0 aromatic rings. The summed E-state index contributed by atoms with van der Waals surface area (Å²) in [4.78, 5) is 0. The van der Waals surface area contributed by atoms with Crippen molar-refractivity contribution >= 4 is 22.0 Å². The monoisotopic (exact) mass is 497 g/mol. The summed E-state index contributed by atoms with van der Waals surface area (Å²) >= 11 is 0. The van der Waals surface area contributed by atoms with Crippen LogP contribution in [0.25, 0.3) is 0 Å². The van der Waals surface area contributed by atoms with Gasteiger partial charge in [-0.25, -0.2) is 0 Å². The van der Waals surface area contributed by atoms with Gasteiger partial charge >= 0.3 is 22.0 Å². The number of unbranched alkanes of at least 4 members (excludes halogenated alkanes) is 13. The van der Waals surface area contributed by atoms with E-state index in [4.69, 9.17) is 50.9 Å². The van der Waals surface area contributed by atoms with Gasteiger partial charge in [0.2, 0.25) is 0 Å². The Labute approximate surface area is 208 Å². The van der Waals surface area contributed by atoms with Crippen molar-refractivity contribution < 1.29 is 45.2 Å². The molecule has 0 aliphatic heterocycles. The highest BCUT2D eigenvalue weighted by molar-refractivity contribution is 6.31. The maximum Gasteiger partial charge on any atom is 0.631 e. The third kappa shape index (κ3) is 63.5. The van der Waals surface area contributed by atoms with Crippen molar-refractivity contribution in [3.8, 4) is 0 Å². The van der Waals surface area contributed by atoms with E-state index in [0.29, 0.717) is 5.92 Å². The quantitative estimate of drug-likeness (QED) is 0.108. The molecule has 10 nitrogen and oxygen atoms in total. The lowest BCUT2D eigenvalue weighted by atomic mass is 9.86. The summed E-state index contributed by atoms with van der Waals surface area (Å²) in [7, 11) is -6.50. The van der Waals surface area contributed by atoms with E-state index in [-0.39, 0.29) is 5.54 Å². The Hall–Kier alpha value is -0.205. The van der Waals surface area contributed by atoms with Crippen LogP contribution in [0.1, 0.15) is 124 Å². The molecule has 0 saturated heterocycles. The first-order chi connectivity index (χ1) is 15.7. The van der Waals surface area contributed by atoms with Gasteiger partial charge in [0.25, 0.3) is 0 Å². The molecule has 34 heavy (non-hydrogen) atoms. The van der Waals surface area contributed by atoms with Gasteiger partial charge in [0, 0.05) is 5.54 Å². The van der Waals surface area contributed by atoms with Crippen molar-refractivity contribution in [2.75, 3.05) is 0 Å². The van der Waals surface area contributed by atoms with Crippen LogP contribution in [0.2, 0.25) is 0 Å². The van der Waals surface area contributed by atoms with Crippen LogP contribution in [0.3, 0.4) is 0 Å². The van der Waals surface area contributed by atoms with E-state index in [1.54, 1.807) is 0 Å². The van der Waals surface area contributed by atoms with Gasteiger partial charge in [-0.1, -0.05) is 104 Å². The molecule has 0 rings (SSSR count). The summed E-state index contributed by atoms with van der Waals surface area (Å²) in [6, 6.07) is 0. The van der Waals surface area contributed by atoms with Crippen molar-refractivity contribution in [1.82, 2.24) is 0 Å². The van der Waals surface area contributed by atoms with Gasteiger partial charge in [-0.2, -0.15) is 0 Å². The lowest BCUT2D eigenvalue weighted by molar-refractivity contribution is 0.276. The summed E-state index contributed by atoms with van der Waals surface area (Å²) in [5, 5.41) is 64.5. The van der Waals surface area contributed by atoms with Gasteiger partial charge in [0.15, 0.2) is 0 Å². The molecule has 0 radical (unpaired) electrons. The predicted molar refractivity (Wildman–Crippen MR) is 140 cm³/mol. The molecule has 1 atom stereocenters. The van der Waals surface area contributed by atoms with Crippen LogP contribution in [-0.2, 0) is 0 Å². The molecule has 206 valence electrons. The van der Waals surface area contributed by atoms with E-state index >= 15 is 0 Å². The fraction of sp³-hybridized carbons (Fsp3) is 1.00. The van der Waals surface area contributed by atoms with E-state index in [2.05, 4.69) is 27.7 Å². The molecule has 0 aliphatic rings. The van der Waals surface area contributed by atoms with Gasteiger partial charge in [0.05, 0.1) is 0 Å². The molecule has 0 aromatic carbocycles. The van der Waals surface area contributed by atoms with E-state index in [9.17, 15) is 0 Å². The Morgan fingerprint density at radius 2 is 0.735 bits per heavy atom. The lowest BCUT2D eigenvalue weighted by Gasteiger charge is -2.27. The maximum absolute atomic E-state index is 7.17. The minimum absolute atomic E-state index is 0.00343. The molecule has 0 saturated carbocycles. The summed E-state index contributed by atoms with van der Waals surface area (Å²) < 4.78 is 0. The Balaban J connectivity index is -0.000000307. The smallest absolute Gasteiger partial charge is 0.402 e. The number of hydrogen-bond donors (Lipinski definition) is 10. The zero-order valence-corrected chi connectivity index (χ0v) is 22.0. The highest BCUT2D eigenvalue weighted by atomic mass is 16.5. The number of nitrogens with two attached hydrogens (primary N) is 1. The normalized spacial score (nSPS) is 11.1. The Morgan fingerprint density at radius 1 is 0.529 bits per heavy atom. The second-order valence-electron chi connectivity index (χ2n) is 9.15. The number of rotatable bonds is 16. The summed E-state index contributed by atoms with van der Waals surface area (Å²) in [5.41, 5.74) is 6.13. The average Bonchev–Trinajstić information content (AvgIpc) is 2.66. The van der Waals surface area contributed by atoms with Crippen molar-refractivity contribution in [3.05, 3.63) is 0 Å². The molecule has 1 unspecified atom stereocenters. The third-order valence-electron chi connectivity index (χ3n) is 5.26. The first-order valence-electron chi connectivity index (χ1n) is 12.6. The van der Waals surface area contributed by atoms with Crippen LogP contribution >= 0.6 is 0 Å². The molecule has 0 fully saturated rings. The van der Waals surface area contributed by atoms with Crippen LogP contribution < -0.4 is 5.73 Å². The Morgan fingerprint density at radius 3 is 0.941 bits per heavy atom. The molecule has 11 N–H and O–H groups in total. The van der Waals surface area contributed by atoms with Crippen molar-refractivity contribution in [1.29, 1.82) is 0 Å². The number of hydrogen-bond acceptors (Lipinski definition) is 10. The average molecular weight is 497 g/mol. The Kier molecular flexibility index (Phi) is 37.1. The zero-order valence-electron chi connectivity index (χ0n) is 22.0. The second-order valence-corrected chi connectivity index (χ2v) is 9.15. The molecule has 0 amide bonds. The first kappa shape index (κ1) is 40.9.